The van der Waals surface area contributed by atoms with Crippen LogP contribution < -0.4 is 5.73 Å². The highest BCUT2D eigenvalue weighted by molar-refractivity contribution is 5.95. The normalized spacial score (nSPS) is 17.2. The average Bonchev–Trinajstić information content (AvgIpc) is 2.93. The summed E-state index contributed by atoms with van der Waals surface area (Å²) < 4.78 is 20.9. The Morgan fingerprint density at radius 2 is 1.86 bits per heavy atom. The third-order valence-electron chi connectivity index (χ3n) is 7.42. The second-order valence-electron chi connectivity index (χ2n) is 9.63. The second-order valence-corrected chi connectivity index (χ2v) is 9.63. The van der Waals surface area contributed by atoms with Crippen molar-refractivity contribution < 1.29 is 13.9 Å². The van der Waals surface area contributed by atoms with Gasteiger partial charge >= 0.3 is 0 Å². The topological polar surface area (TPSA) is 97.5 Å². The van der Waals surface area contributed by atoms with Crippen molar-refractivity contribution in [2.24, 2.45) is 0 Å². The Balaban J connectivity index is 1.39. The van der Waals surface area contributed by atoms with Gasteiger partial charge in [0.05, 0.1) is 17.0 Å². The third-order valence-corrected chi connectivity index (χ3v) is 7.42. The molecule has 4 heterocycles. The molecule has 1 amide bonds. The fourth-order valence-electron chi connectivity index (χ4n) is 5.38. The molecule has 0 spiro atoms. The summed E-state index contributed by atoms with van der Waals surface area (Å²) in [7, 11) is 0. The van der Waals surface area contributed by atoms with Crippen molar-refractivity contribution in [3.05, 3.63) is 59.4 Å². The first-order valence-electron chi connectivity index (χ1n) is 12.9. The van der Waals surface area contributed by atoms with Crippen LogP contribution in [0.1, 0.15) is 41.5 Å². The lowest BCUT2D eigenvalue weighted by atomic mass is 9.95. The van der Waals surface area contributed by atoms with E-state index in [1.165, 1.54) is 12.4 Å². The lowest BCUT2D eigenvalue weighted by Gasteiger charge is -2.40. The standard InChI is InChI=1S/C28H33FN6O2/c1-3-24-26(21-6-7-25(30)33-18(21)2)27(32-17-31-24)19-4-5-22(23(29)16-19)28(36)35-12-10-34(11-13-35)20-8-14-37-15-9-20/h4-7,16-17,20H,3,8-15H2,1-2H3,(H2,30,33). The van der Waals surface area contributed by atoms with E-state index < -0.39 is 5.82 Å². The van der Waals surface area contributed by atoms with E-state index in [2.05, 4.69) is 19.9 Å². The molecule has 2 saturated heterocycles. The molecule has 3 aromatic rings. The van der Waals surface area contributed by atoms with Crippen LogP contribution in [0.3, 0.4) is 0 Å². The molecule has 194 valence electrons. The van der Waals surface area contributed by atoms with E-state index in [1.54, 1.807) is 23.1 Å². The number of hydrogen-bond donors (Lipinski definition) is 1. The van der Waals surface area contributed by atoms with E-state index in [0.29, 0.717) is 42.6 Å². The van der Waals surface area contributed by atoms with E-state index in [-0.39, 0.29) is 11.5 Å². The summed E-state index contributed by atoms with van der Waals surface area (Å²) >= 11 is 0. The van der Waals surface area contributed by atoms with Gasteiger partial charge in [-0.1, -0.05) is 13.0 Å². The molecule has 0 bridgehead atoms. The zero-order valence-corrected chi connectivity index (χ0v) is 21.4. The average molecular weight is 505 g/mol. The Kier molecular flexibility index (Phi) is 7.43. The van der Waals surface area contributed by atoms with Gasteiger partial charge in [0.15, 0.2) is 0 Å². The molecular formula is C28H33FN6O2. The molecule has 5 rings (SSSR count). The number of halogens is 1. The molecule has 2 N–H and O–H groups in total. The van der Waals surface area contributed by atoms with Crippen LogP contribution in [0.15, 0.2) is 36.7 Å². The number of ether oxygens (including phenoxy) is 1. The summed E-state index contributed by atoms with van der Waals surface area (Å²) in [5.41, 5.74) is 10.4. The van der Waals surface area contributed by atoms with Crippen LogP contribution in [0.2, 0.25) is 0 Å². The summed E-state index contributed by atoms with van der Waals surface area (Å²) in [6, 6.07) is 8.88. The van der Waals surface area contributed by atoms with Gasteiger partial charge in [-0.15, -0.1) is 0 Å². The van der Waals surface area contributed by atoms with E-state index >= 15 is 4.39 Å². The van der Waals surface area contributed by atoms with Crippen LogP contribution in [0.4, 0.5) is 10.2 Å². The molecule has 2 aliphatic heterocycles. The molecule has 2 aliphatic rings. The molecule has 1 aromatic carbocycles. The largest absolute Gasteiger partial charge is 0.384 e. The van der Waals surface area contributed by atoms with Gasteiger partial charge in [0.1, 0.15) is 18.0 Å². The minimum absolute atomic E-state index is 0.0833. The number of rotatable bonds is 5. The highest BCUT2D eigenvalue weighted by Gasteiger charge is 2.29. The summed E-state index contributed by atoms with van der Waals surface area (Å²) in [6.07, 6.45) is 4.22. The first kappa shape index (κ1) is 25.2. The number of carbonyl (C=O) groups is 1. The molecular weight excluding hydrogens is 471 g/mol. The number of pyridine rings is 1. The zero-order chi connectivity index (χ0) is 25.9. The van der Waals surface area contributed by atoms with Crippen molar-refractivity contribution in [3.8, 4) is 22.4 Å². The number of amides is 1. The van der Waals surface area contributed by atoms with Gasteiger partial charge in [0.25, 0.3) is 5.91 Å². The summed E-state index contributed by atoms with van der Waals surface area (Å²) in [5, 5.41) is 0. The second kappa shape index (κ2) is 10.9. The smallest absolute Gasteiger partial charge is 0.256 e. The lowest BCUT2D eigenvalue weighted by molar-refractivity contribution is 0.0136. The molecule has 9 heteroatoms. The summed E-state index contributed by atoms with van der Waals surface area (Å²) in [4.78, 5) is 30.8. The number of aromatic nitrogens is 3. The van der Waals surface area contributed by atoms with Crippen molar-refractivity contribution in [1.29, 1.82) is 0 Å². The number of nitrogen functional groups attached to an aromatic ring is 1. The van der Waals surface area contributed by atoms with Gasteiger partial charge in [-0.05, 0) is 50.5 Å². The monoisotopic (exact) mass is 504 g/mol. The SMILES string of the molecule is CCc1ncnc(-c2ccc(C(=O)N3CCN(C4CCOCC4)CC3)c(F)c2)c1-c1ccc(N)nc1C. The predicted molar refractivity (Wildman–Crippen MR) is 141 cm³/mol. The zero-order valence-electron chi connectivity index (χ0n) is 21.4. The van der Waals surface area contributed by atoms with Crippen LogP contribution in [-0.4, -0.2) is 76.1 Å². The Bertz CT molecular complexity index is 1290. The number of piperazine rings is 1. The van der Waals surface area contributed by atoms with Crippen LogP contribution in [-0.2, 0) is 11.2 Å². The van der Waals surface area contributed by atoms with E-state index in [1.807, 2.05) is 19.9 Å². The van der Waals surface area contributed by atoms with Crippen molar-refractivity contribution in [2.75, 3.05) is 45.1 Å². The summed E-state index contributed by atoms with van der Waals surface area (Å²) in [5.74, 6) is -0.393. The maximum Gasteiger partial charge on any atom is 0.256 e. The lowest BCUT2D eigenvalue weighted by Crippen LogP contribution is -2.53. The van der Waals surface area contributed by atoms with Gasteiger partial charge in [0, 0.05) is 67.8 Å². The Hall–Kier alpha value is -3.43. The maximum atomic E-state index is 15.4. The molecule has 0 atom stereocenters. The van der Waals surface area contributed by atoms with Crippen molar-refractivity contribution >= 4 is 11.7 Å². The number of benzene rings is 1. The van der Waals surface area contributed by atoms with Crippen molar-refractivity contribution in [2.45, 2.75) is 39.2 Å². The molecule has 0 radical (unpaired) electrons. The molecule has 0 aliphatic carbocycles. The number of nitrogens with zero attached hydrogens (tertiary/aromatic N) is 5. The first-order valence-corrected chi connectivity index (χ1v) is 12.9. The van der Waals surface area contributed by atoms with Crippen molar-refractivity contribution in [3.63, 3.8) is 0 Å². The van der Waals surface area contributed by atoms with Gasteiger partial charge < -0.3 is 15.4 Å². The van der Waals surface area contributed by atoms with Gasteiger partial charge in [0.2, 0.25) is 0 Å². The molecule has 37 heavy (non-hydrogen) atoms. The number of hydrogen-bond acceptors (Lipinski definition) is 7. The van der Waals surface area contributed by atoms with Gasteiger partial charge in [-0.25, -0.2) is 19.3 Å². The molecule has 0 unspecified atom stereocenters. The molecule has 8 nitrogen and oxygen atoms in total. The number of aryl methyl sites for hydroxylation is 2. The van der Waals surface area contributed by atoms with E-state index in [9.17, 15) is 4.79 Å². The third kappa shape index (κ3) is 5.19. The Morgan fingerprint density at radius 3 is 2.54 bits per heavy atom. The van der Waals surface area contributed by atoms with Crippen LogP contribution >= 0.6 is 0 Å². The summed E-state index contributed by atoms with van der Waals surface area (Å²) in [6.45, 7) is 8.27. The van der Waals surface area contributed by atoms with Crippen LogP contribution in [0, 0.1) is 12.7 Å². The Labute approximate surface area is 216 Å². The number of nitrogens with two attached hydrogens (primary N) is 1. The van der Waals surface area contributed by atoms with Crippen molar-refractivity contribution in [1.82, 2.24) is 24.8 Å². The fraction of sp³-hybridized carbons (Fsp3) is 0.429. The minimum Gasteiger partial charge on any atom is -0.384 e. The highest BCUT2D eigenvalue weighted by atomic mass is 19.1. The quantitative estimate of drug-likeness (QED) is 0.565. The number of anilines is 1. The van der Waals surface area contributed by atoms with E-state index in [4.69, 9.17) is 10.5 Å². The highest BCUT2D eigenvalue weighted by Crippen LogP contribution is 2.35. The molecule has 0 saturated carbocycles. The minimum atomic E-state index is -0.552. The number of carbonyl (C=O) groups excluding carboxylic acids is 1. The molecule has 2 aromatic heterocycles. The van der Waals surface area contributed by atoms with Crippen LogP contribution in [0.5, 0.6) is 0 Å². The first-order chi connectivity index (χ1) is 18.0. The maximum absolute atomic E-state index is 15.4. The Morgan fingerprint density at radius 1 is 1.11 bits per heavy atom. The molecule has 2 fully saturated rings. The van der Waals surface area contributed by atoms with Gasteiger partial charge in [-0.2, -0.15) is 0 Å². The predicted octanol–water partition coefficient (Wildman–Crippen LogP) is 3.73. The van der Waals surface area contributed by atoms with Gasteiger partial charge in [-0.3, -0.25) is 9.69 Å². The van der Waals surface area contributed by atoms with E-state index in [0.717, 1.165) is 61.7 Å². The fourth-order valence-corrected chi connectivity index (χ4v) is 5.38. The van der Waals surface area contributed by atoms with Crippen LogP contribution in [0.25, 0.3) is 22.4 Å².